The second kappa shape index (κ2) is 7.60. The molecule has 126 valence electrons. The summed E-state index contributed by atoms with van der Waals surface area (Å²) in [5, 5.41) is 3.57. The van der Waals surface area contributed by atoms with E-state index in [2.05, 4.69) is 5.32 Å². The molecule has 0 atom stereocenters. The quantitative estimate of drug-likeness (QED) is 0.580. The Morgan fingerprint density at radius 3 is 2.32 bits per heavy atom. The number of carbonyl (C=O) groups excluding carboxylic acids is 1. The van der Waals surface area contributed by atoms with E-state index in [1.165, 1.54) is 6.07 Å². The molecular formula is C20H15Cl2NO2. The Balaban J connectivity index is 1.67. The molecule has 3 aromatic carbocycles. The lowest BCUT2D eigenvalue weighted by molar-refractivity contribution is 0.102. The molecule has 1 N–H and O–H groups in total. The molecule has 1 amide bonds. The number of carbonyl (C=O) groups is 1. The average molecular weight is 372 g/mol. The largest absolute Gasteiger partial charge is 0.457 e. The Morgan fingerprint density at radius 2 is 1.64 bits per heavy atom. The van der Waals surface area contributed by atoms with E-state index in [-0.39, 0.29) is 5.91 Å². The normalized spacial score (nSPS) is 10.4. The van der Waals surface area contributed by atoms with Gasteiger partial charge in [-0.15, -0.1) is 0 Å². The van der Waals surface area contributed by atoms with Crippen LogP contribution in [0.2, 0.25) is 10.0 Å². The van der Waals surface area contributed by atoms with Crippen LogP contribution in [0, 0.1) is 6.92 Å². The number of amides is 1. The molecule has 3 aromatic rings. The van der Waals surface area contributed by atoms with Gasteiger partial charge in [0.2, 0.25) is 0 Å². The number of nitrogens with one attached hydrogen (secondary N) is 1. The molecule has 0 bridgehead atoms. The number of hydrogen-bond donors (Lipinski definition) is 1. The van der Waals surface area contributed by atoms with Gasteiger partial charge in [0.1, 0.15) is 11.5 Å². The number of halogens is 2. The Bertz CT molecular complexity index is 908. The Labute approximate surface area is 156 Å². The number of aryl methyl sites for hydroxylation is 1. The summed E-state index contributed by atoms with van der Waals surface area (Å²) in [6.45, 7) is 2.01. The van der Waals surface area contributed by atoms with Crippen LogP contribution in [0.4, 0.5) is 5.69 Å². The van der Waals surface area contributed by atoms with Crippen molar-refractivity contribution in [2.75, 3.05) is 5.32 Å². The number of hydrogen-bond acceptors (Lipinski definition) is 2. The van der Waals surface area contributed by atoms with Gasteiger partial charge in [-0.25, -0.2) is 0 Å². The van der Waals surface area contributed by atoms with Crippen LogP contribution >= 0.6 is 23.2 Å². The maximum atomic E-state index is 12.2. The van der Waals surface area contributed by atoms with Crippen molar-refractivity contribution in [3.63, 3.8) is 0 Å². The predicted molar refractivity (Wildman–Crippen MR) is 102 cm³/mol. The van der Waals surface area contributed by atoms with Gasteiger partial charge in [-0.05, 0) is 67.1 Å². The molecule has 0 aromatic heterocycles. The maximum Gasteiger partial charge on any atom is 0.255 e. The molecule has 0 spiro atoms. The van der Waals surface area contributed by atoms with Crippen LogP contribution in [0.1, 0.15) is 15.9 Å². The van der Waals surface area contributed by atoms with E-state index in [0.717, 1.165) is 11.3 Å². The lowest BCUT2D eigenvalue weighted by atomic mass is 10.2. The zero-order chi connectivity index (χ0) is 17.8. The monoisotopic (exact) mass is 371 g/mol. The summed E-state index contributed by atoms with van der Waals surface area (Å²) in [7, 11) is 0. The summed E-state index contributed by atoms with van der Waals surface area (Å²) in [5.74, 6) is 1.21. The topological polar surface area (TPSA) is 38.3 Å². The van der Waals surface area contributed by atoms with Crippen LogP contribution in [0.3, 0.4) is 0 Å². The zero-order valence-corrected chi connectivity index (χ0v) is 14.9. The van der Waals surface area contributed by atoms with E-state index in [9.17, 15) is 4.79 Å². The van der Waals surface area contributed by atoms with Gasteiger partial charge in [0.25, 0.3) is 5.91 Å². The van der Waals surface area contributed by atoms with Crippen molar-refractivity contribution < 1.29 is 9.53 Å². The zero-order valence-electron chi connectivity index (χ0n) is 13.4. The maximum absolute atomic E-state index is 12.2. The Morgan fingerprint density at radius 1 is 0.880 bits per heavy atom. The first-order chi connectivity index (χ1) is 12.0. The first kappa shape index (κ1) is 17.3. The number of rotatable bonds is 4. The summed E-state index contributed by atoms with van der Waals surface area (Å²) in [4.78, 5) is 12.2. The summed E-state index contributed by atoms with van der Waals surface area (Å²) < 4.78 is 5.79. The minimum Gasteiger partial charge on any atom is -0.457 e. The van der Waals surface area contributed by atoms with Crippen LogP contribution < -0.4 is 10.1 Å². The lowest BCUT2D eigenvalue weighted by Gasteiger charge is -2.09. The van der Waals surface area contributed by atoms with Crippen molar-refractivity contribution in [3.8, 4) is 11.5 Å². The number of anilines is 1. The summed E-state index contributed by atoms with van der Waals surface area (Å²) in [5.41, 5.74) is 2.23. The predicted octanol–water partition coefficient (Wildman–Crippen LogP) is 6.35. The van der Waals surface area contributed by atoms with E-state index in [4.69, 9.17) is 27.9 Å². The van der Waals surface area contributed by atoms with Gasteiger partial charge in [-0.3, -0.25) is 4.79 Å². The second-order valence-electron chi connectivity index (χ2n) is 5.53. The Hall–Kier alpha value is -2.49. The molecule has 3 nitrogen and oxygen atoms in total. The van der Waals surface area contributed by atoms with Crippen LogP contribution in [0.15, 0.2) is 66.7 Å². The molecule has 0 heterocycles. The first-order valence-electron chi connectivity index (χ1n) is 7.62. The van der Waals surface area contributed by atoms with Gasteiger partial charge in [-0.2, -0.15) is 0 Å². The van der Waals surface area contributed by atoms with Crippen LogP contribution in [0.5, 0.6) is 11.5 Å². The highest BCUT2D eigenvalue weighted by Crippen LogP contribution is 2.25. The van der Waals surface area contributed by atoms with Crippen molar-refractivity contribution in [3.05, 3.63) is 87.9 Å². The first-order valence-corrected chi connectivity index (χ1v) is 8.38. The fourth-order valence-electron chi connectivity index (χ4n) is 2.26. The summed E-state index contributed by atoms with van der Waals surface area (Å²) >= 11 is 11.8. The summed E-state index contributed by atoms with van der Waals surface area (Å²) in [6.07, 6.45) is 0. The van der Waals surface area contributed by atoms with E-state index in [1.807, 2.05) is 31.2 Å². The molecule has 3 rings (SSSR count). The summed E-state index contributed by atoms with van der Waals surface area (Å²) in [6, 6.07) is 19.7. The van der Waals surface area contributed by atoms with Crippen molar-refractivity contribution >= 4 is 34.8 Å². The SMILES string of the molecule is Cc1cccc(Oc2ccc(NC(=O)c3ccc(Cl)c(Cl)c3)cc2)c1. The fourth-order valence-corrected chi connectivity index (χ4v) is 2.56. The van der Waals surface area contributed by atoms with Crippen LogP contribution in [0.25, 0.3) is 0 Å². The Kier molecular flexibility index (Phi) is 5.27. The molecule has 0 unspecified atom stereocenters. The molecule has 0 aliphatic heterocycles. The van der Waals surface area contributed by atoms with Gasteiger partial charge >= 0.3 is 0 Å². The standard InChI is InChI=1S/C20H15Cl2NO2/c1-13-3-2-4-17(11-13)25-16-8-6-15(7-9-16)23-20(24)14-5-10-18(21)19(22)12-14/h2-12H,1H3,(H,23,24). The van der Waals surface area contributed by atoms with E-state index in [0.29, 0.717) is 27.0 Å². The minimum absolute atomic E-state index is 0.258. The molecule has 25 heavy (non-hydrogen) atoms. The molecule has 5 heteroatoms. The molecule has 0 saturated heterocycles. The average Bonchev–Trinajstić information content (AvgIpc) is 2.59. The fraction of sp³-hybridized carbons (Fsp3) is 0.0500. The molecule has 0 saturated carbocycles. The highest BCUT2D eigenvalue weighted by atomic mass is 35.5. The van der Waals surface area contributed by atoms with E-state index >= 15 is 0 Å². The third-order valence-electron chi connectivity index (χ3n) is 3.52. The van der Waals surface area contributed by atoms with Crippen LogP contribution in [-0.2, 0) is 0 Å². The highest BCUT2D eigenvalue weighted by molar-refractivity contribution is 6.42. The third kappa shape index (κ3) is 4.53. The number of benzene rings is 3. The van der Waals surface area contributed by atoms with Crippen LogP contribution in [-0.4, -0.2) is 5.91 Å². The minimum atomic E-state index is -0.258. The second-order valence-corrected chi connectivity index (χ2v) is 6.34. The highest BCUT2D eigenvalue weighted by Gasteiger charge is 2.08. The molecule has 0 aliphatic rings. The van der Waals surface area contributed by atoms with E-state index < -0.39 is 0 Å². The molecule has 0 aliphatic carbocycles. The van der Waals surface area contributed by atoms with Gasteiger partial charge in [0, 0.05) is 11.3 Å². The van der Waals surface area contributed by atoms with E-state index in [1.54, 1.807) is 36.4 Å². The van der Waals surface area contributed by atoms with Crippen molar-refractivity contribution in [1.82, 2.24) is 0 Å². The van der Waals surface area contributed by atoms with Crippen molar-refractivity contribution in [2.45, 2.75) is 6.92 Å². The molecular weight excluding hydrogens is 357 g/mol. The molecule has 0 fully saturated rings. The number of ether oxygens (including phenoxy) is 1. The third-order valence-corrected chi connectivity index (χ3v) is 4.26. The van der Waals surface area contributed by atoms with Gasteiger partial charge < -0.3 is 10.1 Å². The van der Waals surface area contributed by atoms with Crippen molar-refractivity contribution in [2.24, 2.45) is 0 Å². The van der Waals surface area contributed by atoms with Gasteiger partial charge in [-0.1, -0.05) is 35.3 Å². The smallest absolute Gasteiger partial charge is 0.255 e. The van der Waals surface area contributed by atoms with Gasteiger partial charge in [0.05, 0.1) is 10.0 Å². The molecule has 0 radical (unpaired) electrons. The lowest BCUT2D eigenvalue weighted by Crippen LogP contribution is -2.11. The van der Waals surface area contributed by atoms with Crippen molar-refractivity contribution in [1.29, 1.82) is 0 Å². The van der Waals surface area contributed by atoms with Gasteiger partial charge in [0.15, 0.2) is 0 Å².